The number of hydrogen-bond donors (Lipinski definition) is 1. The van der Waals surface area contributed by atoms with Crippen molar-refractivity contribution in [3.63, 3.8) is 0 Å². The van der Waals surface area contributed by atoms with Crippen molar-refractivity contribution >= 4 is 11.4 Å². The van der Waals surface area contributed by atoms with Crippen molar-refractivity contribution < 1.29 is 9.13 Å². The topological polar surface area (TPSA) is 38.5 Å². The van der Waals surface area contributed by atoms with Crippen LogP contribution in [0.3, 0.4) is 0 Å². The van der Waals surface area contributed by atoms with Crippen LogP contribution < -0.4 is 15.4 Å². The quantitative estimate of drug-likeness (QED) is 0.767. The Labute approximate surface area is 115 Å². The van der Waals surface area contributed by atoms with Crippen LogP contribution >= 0.6 is 0 Å². The predicted molar refractivity (Wildman–Crippen MR) is 79.3 cm³/mol. The van der Waals surface area contributed by atoms with Gasteiger partial charge in [-0.15, -0.1) is 0 Å². The van der Waals surface area contributed by atoms with E-state index >= 15 is 0 Å². The molecule has 0 saturated carbocycles. The summed E-state index contributed by atoms with van der Waals surface area (Å²) in [6.07, 6.45) is 1.11. The van der Waals surface area contributed by atoms with Gasteiger partial charge in [-0.1, -0.05) is 20.3 Å². The Balaban J connectivity index is 3.05. The maximum absolute atomic E-state index is 13.7. The van der Waals surface area contributed by atoms with Gasteiger partial charge in [0.2, 0.25) is 0 Å². The molecule has 0 saturated heterocycles. The molecule has 0 fully saturated rings. The first-order valence-corrected chi connectivity index (χ1v) is 7.00. The first kappa shape index (κ1) is 15.6. The summed E-state index contributed by atoms with van der Waals surface area (Å²) in [5.74, 6) is 0.442. The summed E-state index contributed by atoms with van der Waals surface area (Å²) in [6, 6.07) is 3.06. The maximum Gasteiger partial charge on any atom is 0.167 e. The molecule has 0 heterocycles. The van der Waals surface area contributed by atoms with Gasteiger partial charge < -0.3 is 15.4 Å². The maximum atomic E-state index is 13.7. The number of halogens is 1. The third kappa shape index (κ3) is 4.01. The van der Waals surface area contributed by atoms with Crippen molar-refractivity contribution in [1.82, 2.24) is 0 Å². The molecular formula is C15H25FN2O. The molecule has 0 amide bonds. The van der Waals surface area contributed by atoms with E-state index < -0.39 is 5.82 Å². The van der Waals surface area contributed by atoms with Crippen LogP contribution in [0.15, 0.2) is 12.1 Å². The van der Waals surface area contributed by atoms with Crippen LogP contribution in [0.1, 0.15) is 34.1 Å². The lowest BCUT2D eigenvalue weighted by Gasteiger charge is -2.28. The number of benzene rings is 1. The fourth-order valence-corrected chi connectivity index (χ4v) is 2.00. The Hall–Kier alpha value is -1.45. The molecule has 3 nitrogen and oxygen atoms in total. The highest BCUT2D eigenvalue weighted by atomic mass is 19.1. The van der Waals surface area contributed by atoms with Gasteiger partial charge in [-0.3, -0.25) is 0 Å². The molecule has 1 rings (SSSR count). The number of nitrogens with two attached hydrogens (primary N) is 1. The average Bonchev–Trinajstić information content (AvgIpc) is 2.39. The molecule has 4 heteroatoms. The van der Waals surface area contributed by atoms with Gasteiger partial charge in [0.05, 0.1) is 18.0 Å². The highest BCUT2D eigenvalue weighted by Crippen LogP contribution is 2.31. The third-order valence-corrected chi connectivity index (χ3v) is 3.33. The zero-order chi connectivity index (χ0) is 14.4. The molecule has 0 aromatic heterocycles. The Morgan fingerprint density at radius 2 is 2.00 bits per heavy atom. The second-order valence-electron chi connectivity index (χ2n) is 4.83. The number of anilines is 2. The van der Waals surface area contributed by atoms with E-state index in [1.165, 1.54) is 6.07 Å². The zero-order valence-electron chi connectivity index (χ0n) is 12.4. The van der Waals surface area contributed by atoms with E-state index in [9.17, 15) is 4.39 Å². The van der Waals surface area contributed by atoms with Crippen LogP contribution in [0.5, 0.6) is 5.75 Å². The van der Waals surface area contributed by atoms with Crippen LogP contribution in [-0.2, 0) is 0 Å². The first-order valence-electron chi connectivity index (χ1n) is 7.00. The molecule has 1 aromatic rings. The van der Waals surface area contributed by atoms with E-state index in [-0.39, 0.29) is 5.75 Å². The van der Waals surface area contributed by atoms with Crippen molar-refractivity contribution in [2.24, 2.45) is 5.92 Å². The largest absolute Gasteiger partial charge is 0.491 e. The SMILES string of the molecule is CCOc1cc(N(CC)CC(C)CC)c(N)cc1F. The van der Waals surface area contributed by atoms with E-state index in [0.29, 0.717) is 18.2 Å². The minimum absolute atomic E-state index is 0.273. The molecule has 108 valence electrons. The highest BCUT2D eigenvalue weighted by molar-refractivity contribution is 5.70. The second-order valence-corrected chi connectivity index (χ2v) is 4.83. The lowest BCUT2D eigenvalue weighted by atomic mass is 10.1. The molecular weight excluding hydrogens is 243 g/mol. The molecule has 0 bridgehead atoms. The van der Waals surface area contributed by atoms with Gasteiger partial charge >= 0.3 is 0 Å². The summed E-state index contributed by atoms with van der Waals surface area (Å²) in [5.41, 5.74) is 7.26. The van der Waals surface area contributed by atoms with Crippen molar-refractivity contribution in [2.45, 2.75) is 34.1 Å². The summed E-state index contributed by atoms with van der Waals surface area (Å²) < 4.78 is 19.0. The first-order chi connectivity index (χ1) is 9.03. The van der Waals surface area contributed by atoms with Crippen molar-refractivity contribution in [1.29, 1.82) is 0 Å². The van der Waals surface area contributed by atoms with E-state index in [0.717, 1.165) is 25.2 Å². The van der Waals surface area contributed by atoms with Crippen molar-refractivity contribution in [3.05, 3.63) is 17.9 Å². The molecule has 0 radical (unpaired) electrons. The number of nitrogen functional groups attached to an aromatic ring is 1. The van der Waals surface area contributed by atoms with Crippen molar-refractivity contribution in [3.8, 4) is 5.75 Å². The van der Waals surface area contributed by atoms with Gasteiger partial charge in [0.25, 0.3) is 0 Å². The predicted octanol–water partition coefficient (Wildman–Crippen LogP) is 3.68. The van der Waals surface area contributed by atoms with Crippen LogP contribution in [0, 0.1) is 11.7 Å². The lowest BCUT2D eigenvalue weighted by Crippen LogP contribution is -2.28. The number of rotatable bonds is 7. The van der Waals surface area contributed by atoms with Gasteiger partial charge in [0.15, 0.2) is 11.6 Å². The van der Waals surface area contributed by atoms with Crippen LogP contribution in [-0.4, -0.2) is 19.7 Å². The number of nitrogens with zero attached hydrogens (tertiary/aromatic N) is 1. The van der Waals surface area contributed by atoms with Gasteiger partial charge in [-0.05, 0) is 19.8 Å². The highest BCUT2D eigenvalue weighted by Gasteiger charge is 2.15. The molecule has 1 aromatic carbocycles. The average molecular weight is 268 g/mol. The van der Waals surface area contributed by atoms with Crippen LogP contribution in [0.25, 0.3) is 0 Å². The number of hydrogen-bond acceptors (Lipinski definition) is 3. The Morgan fingerprint density at radius 1 is 1.32 bits per heavy atom. The summed E-state index contributed by atoms with van der Waals surface area (Å²) in [4.78, 5) is 2.17. The monoisotopic (exact) mass is 268 g/mol. The van der Waals surface area contributed by atoms with Crippen molar-refractivity contribution in [2.75, 3.05) is 30.3 Å². The molecule has 0 aliphatic rings. The minimum atomic E-state index is -0.400. The molecule has 1 atom stereocenters. The molecule has 0 spiro atoms. The Morgan fingerprint density at radius 3 is 2.53 bits per heavy atom. The van der Waals surface area contributed by atoms with Gasteiger partial charge in [-0.2, -0.15) is 0 Å². The second kappa shape index (κ2) is 7.22. The number of ether oxygens (including phenoxy) is 1. The standard InChI is InChI=1S/C15H25FN2O/c1-5-11(4)10-18(6-2)14-9-15(19-7-3)12(16)8-13(14)17/h8-9,11H,5-7,10,17H2,1-4H3. The van der Waals surface area contributed by atoms with E-state index in [1.54, 1.807) is 6.07 Å². The third-order valence-electron chi connectivity index (χ3n) is 3.33. The van der Waals surface area contributed by atoms with Gasteiger partial charge in [0, 0.05) is 25.2 Å². The summed E-state index contributed by atoms with van der Waals surface area (Å²) in [7, 11) is 0. The molecule has 0 aliphatic carbocycles. The fraction of sp³-hybridized carbons (Fsp3) is 0.600. The molecule has 0 aliphatic heterocycles. The van der Waals surface area contributed by atoms with Crippen LogP contribution in [0.2, 0.25) is 0 Å². The van der Waals surface area contributed by atoms with Gasteiger partial charge in [0.1, 0.15) is 0 Å². The minimum Gasteiger partial charge on any atom is -0.491 e. The Kier molecular flexibility index (Phi) is 5.93. The molecule has 2 N–H and O–H groups in total. The summed E-state index contributed by atoms with van der Waals surface area (Å²) >= 11 is 0. The fourth-order valence-electron chi connectivity index (χ4n) is 2.00. The molecule has 1 unspecified atom stereocenters. The molecule has 19 heavy (non-hydrogen) atoms. The lowest BCUT2D eigenvalue weighted by molar-refractivity contribution is 0.321. The Bertz CT molecular complexity index is 409. The summed E-state index contributed by atoms with van der Waals surface area (Å²) in [5, 5.41) is 0. The van der Waals surface area contributed by atoms with E-state index in [4.69, 9.17) is 10.5 Å². The normalized spacial score (nSPS) is 12.3. The van der Waals surface area contributed by atoms with E-state index in [2.05, 4.69) is 25.7 Å². The summed E-state index contributed by atoms with van der Waals surface area (Å²) in [6.45, 7) is 10.5. The smallest absolute Gasteiger partial charge is 0.167 e. The van der Waals surface area contributed by atoms with E-state index in [1.807, 2.05) is 6.92 Å². The van der Waals surface area contributed by atoms with Gasteiger partial charge in [-0.25, -0.2) is 4.39 Å². The zero-order valence-corrected chi connectivity index (χ0v) is 12.4. The van der Waals surface area contributed by atoms with Crippen LogP contribution in [0.4, 0.5) is 15.8 Å².